The Morgan fingerprint density at radius 1 is 1.11 bits per heavy atom. The van der Waals surface area contributed by atoms with E-state index < -0.39 is 0 Å². The Morgan fingerprint density at radius 2 is 1.89 bits per heavy atom. The van der Waals surface area contributed by atoms with Gasteiger partial charge >= 0.3 is 0 Å². The molecule has 2 heterocycles. The van der Waals surface area contributed by atoms with Gasteiger partial charge in [0.1, 0.15) is 0 Å². The summed E-state index contributed by atoms with van der Waals surface area (Å²) < 4.78 is 1.83. The number of para-hydroxylation sites is 1. The van der Waals surface area contributed by atoms with Crippen LogP contribution in [0.25, 0.3) is 10.2 Å². The largest absolute Gasteiger partial charge is 0.302 e. The first-order chi connectivity index (χ1) is 13.0. The van der Waals surface area contributed by atoms with Crippen LogP contribution in [0.2, 0.25) is 4.34 Å². The summed E-state index contributed by atoms with van der Waals surface area (Å²) in [7, 11) is 0. The second-order valence-corrected chi connectivity index (χ2v) is 9.18. The van der Waals surface area contributed by atoms with Gasteiger partial charge in [-0.2, -0.15) is 0 Å². The number of halogens is 1. The van der Waals surface area contributed by atoms with Crippen LogP contribution in [0.5, 0.6) is 0 Å². The zero-order valence-electron chi connectivity index (χ0n) is 15.9. The molecule has 0 fully saturated rings. The summed E-state index contributed by atoms with van der Waals surface area (Å²) in [5.41, 5.74) is 2.12. The molecule has 0 N–H and O–H groups in total. The molecule has 1 amide bonds. The van der Waals surface area contributed by atoms with Crippen molar-refractivity contribution < 1.29 is 4.79 Å². The van der Waals surface area contributed by atoms with Crippen LogP contribution in [0.1, 0.15) is 24.3 Å². The number of hydrogen-bond donors (Lipinski definition) is 0. The predicted molar refractivity (Wildman–Crippen MR) is 118 cm³/mol. The first kappa shape index (κ1) is 20.3. The van der Waals surface area contributed by atoms with Crippen molar-refractivity contribution in [1.29, 1.82) is 0 Å². The van der Waals surface area contributed by atoms with Crippen LogP contribution in [-0.2, 0) is 11.2 Å². The molecule has 1 aromatic carbocycles. The number of carbonyl (C=O) groups excluding carboxylic acids is 1. The summed E-state index contributed by atoms with van der Waals surface area (Å²) in [4.78, 5) is 23.0. The van der Waals surface area contributed by atoms with E-state index in [1.807, 2.05) is 23.1 Å². The van der Waals surface area contributed by atoms with Gasteiger partial charge in [-0.05, 0) is 43.8 Å². The maximum Gasteiger partial charge on any atom is 0.234 e. The van der Waals surface area contributed by atoms with Crippen molar-refractivity contribution in [3.05, 3.63) is 45.1 Å². The van der Waals surface area contributed by atoms with Gasteiger partial charge in [-0.1, -0.05) is 48.9 Å². The Labute approximate surface area is 173 Å². The number of aryl methyl sites for hydroxylation is 1. The number of rotatable bonds is 8. The number of likely N-dealkylation sites (N-methyl/N-ethyl adjacent to an activating group) is 1. The van der Waals surface area contributed by atoms with Gasteiger partial charge < -0.3 is 4.90 Å². The average molecular weight is 422 g/mol. The Hall–Kier alpha value is -1.47. The second kappa shape index (κ2) is 9.15. The summed E-state index contributed by atoms with van der Waals surface area (Å²) in [6.07, 6.45) is 0.352. The number of benzene rings is 1. The van der Waals surface area contributed by atoms with E-state index in [2.05, 4.69) is 37.8 Å². The van der Waals surface area contributed by atoms with Gasteiger partial charge in [0.2, 0.25) is 5.91 Å². The molecule has 0 aliphatic rings. The minimum Gasteiger partial charge on any atom is -0.302 e. The third-order valence-electron chi connectivity index (χ3n) is 4.63. The fourth-order valence-corrected chi connectivity index (χ4v) is 5.15. The normalized spacial score (nSPS) is 11.4. The van der Waals surface area contributed by atoms with Crippen molar-refractivity contribution in [2.45, 2.75) is 27.2 Å². The van der Waals surface area contributed by atoms with E-state index >= 15 is 0 Å². The zero-order chi connectivity index (χ0) is 19.4. The number of fused-ring (bicyclic) bond motifs is 1. The molecule has 3 aromatic rings. The molecule has 0 atom stereocenters. The van der Waals surface area contributed by atoms with E-state index in [0.717, 1.165) is 45.4 Å². The standard InChI is InChI=1S/C20H24ClN3OS2/c1-4-23(5-2)11-12-24(18(25)13-15-9-10-17(21)26-15)20-22-19-14(3)7-6-8-16(19)27-20/h6-10H,4-5,11-13H2,1-3H3. The van der Waals surface area contributed by atoms with Crippen LogP contribution in [-0.4, -0.2) is 42.0 Å². The zero-order valence-corrected chi connectivity index (χ0v) is 18.3. The lowest BCUT2D eigenvalue weighted by Gasteiger charge is -2.24. The van der Waals surface area contributed by atoms with E-state index in [1.165, 1.54) is 11.3 Å². The molecular weight excluding hydrogens is 398 g/mol. The number of thiazole rings is 1. The molecule has 0 unspecified atom stereocenters. The van der Waals surface area contributed by atoms with E-state index in [9.17, 15) is 4.79 Å². The van der Waals surface area contributed by atoms with Crippen molar-refractivity contribution in [2.75, 3.05) is 31.1 Å². The lowest BCUT2D eigenvalue weighted by molar-refractivity contribution is -0.118. The molecule has 144 valence electrons. The van der Waals surface area contributed by atoms with Crippen LogP contribution >= 0.6 is 34.3 Å². The number of aromatic nitrogens is 1. The highest BCUT2D eigenvalue weighted by molar-refractivity contribution is 7.22. The van der Waals surface area contributed by atoms with Crippen molar-refractivity contribution in [3.8, 4) is 0 Å². The van der Waals surface area contributed by atoms with Crippen molar-refractivity contribution >= 4 is 55.5 Å². The minimum atomic E-state index is 0.0670. The molecule has 0 spiro atoms. The third kappa shape index (κ3) is 4.88. The van der Waals surface area contributed by atoms with E-state index in [1.54, 1.807) is 11.3 Å². The number of anilines is 1. The minimum absolute atomic E-state index is 0.0670. The Bertz CT molecular complexity index is 917. The predicted octanol–water partition coefficient (Wildman–Crippen LogP) is 5.24. The highest BCUT2D eigenvalue weighted by atomic mass is 35.5. The molecule has 0 bridgehead atoms. The highest BCUT2D eigenvalue weighted by Gasteiger charge is 2.21. The van der Waals surface area contributed by atoms with E-state index in [-0.39, 0.29) is 5.91 Å². The smallest absolute Gasteiger partial charge is 0.234 e. The van der Waals surface area contributed by atoms with Gasteiger partial charge in [0.15, 0.2) is 5.13 Å². The molecule has 0 radical (unpaired) electrons. The molecule has 4 nitrogen and oxygen atoms in total. The van der Waals surface area contributed by atoms with Crippen molar-refractivity contribution in [1.82, 2.24) is 9.88 Å². The summed E-state index contributed by atoms with van der Waals surface area (Å²) in [5.74, 6) is 0.0670. The lowest BCUT2D eigenvalue weighted by Crippen LogP contribution is -2.39. The first-order valence-electron chi connectivity index (χ1n) is 9.14. The molecule has 27 heavy (non-hydrogen) atoms. The number of nitrogens with zero attached hydrogens (tertiary/aromatic N) is 3. The molecule has 2 aromatic heterocycles. The number of thiophene rings is 1. The van der Waals surface area contributed by atoms with Crippen LogP contribution in [0.4, 0.5) is 5.13 Å². The topological polar surface area (TPSA) is 36.4 Å². The van der Waals surface area contributed by atoms with Gasteiger partial charge in [-0.3, -0.25) is 9.69 Å². The number of amides is 1. The molecule has 3 rings (SSSR count). The van der Waals surface area contributed by atoms with Gasteiger partial charge in [0.25, 0.3) is 0 Å². The first-order valence-corrected chi connectivity index (χ1v) is 11.2. The third-order valence-corrected chi connectivity index (χ3v) is 6.90. The summed E-state index contributed by atoms with van der Waals surface area (Å²) in [6, 6.07) is 9.93. The number of hydrogen-bond acceptors (Lipinski definition) is 5. The molecule has 0 saturated heterocycles. The fraction of sp³-hybridized carbons (Fsp3) is 0.400. The molecule has 7 heteroatoms. The van der Waals surface area contributed by atoms with Crippen LogP contribution < -0.4 is 4.90 Å². The van der Waals surface area contributed by atoms with E-state index in [4.69, 9.17) is 16.6 Å². The lowest BCUT2D eigenvalue weighted by atomic mass is 10.2. The second-order valence-electron chi connectivity index (χ2n) is 6.37. The molecule has 0 aliphatic heterocycles. The van der Waals surface area contributed by atoms with Crippen molar-refractivity contribution in [3.63, 3.8) is 0 Å². The fourth-order valence-electron chi connectivity index (χ4n) is 2.99. The van der Waals surface area contributed by atoms with Gasteiger partial charge in [-0.25, -0.2) is 4.98 Å². The summed E-state index contributed by atoms with van der Waals surface area (Å²) in [6.45, 7) is 9.75. The van der Waals surface area contributed by atoms with Crippen molar-refractivity contribution in [2.24, 2.45) is 0 Å². The monoisotopic (exact) mass is 421 g/mol. The molecule has 0 aliphatic carbocycles. The van der Waals surface area contributed by atoms with E-state index in [0.29, 0.717) is 17.3 Å². The van der Waals surface area contributed by atoms with Gasteiger partial charge in [0.05, 0.1) is 21.0 Å². The maximum absolute atomic E-state index is 13.1. The van der Waals surface area contributed by atoms with Gasteiger partial charge in [-0.15, -0.1) is 11.3 Å². The molecule has 0 saturated carbocycles. The quantitative estimate of drug-likeness (QED) is 0.499. The van der Waals surface area contributed by atoms with Crippen LogP contribution in [0.3, 0.4) is 0 Å². The summed E-state index contributed by atoms with van der Waals surface area (Å²) >= 11 is 9.07. The van der Waals surface area contributed by atoms with Crippen LogP contribution in [0.15, 0.2) is 30.3 Å². The maximum atomic E-state index is 13.1. The molecular formula is C20H24ClN3OS2. The SMILES string of the molecule is CCN(CC)CCN(C(=O)Cc1ccc(Cl)s1)c1nc2c(C)cccc2s1. The Balaban J connectivity index is 1.87. The highest BCUT2D eigenvalue weighted by Crippen LogP contribution is 2.31. The number of carbonyl (C=O) groups is 1. The Morgan fingerprint density at radius 3 is 2.52 bits per heavy atom. The average Bonchev–Trinajstić information content (AvgIpc) is 3.25. The summed E-state index contributed by atoms with van der Waals surface area (Å²) in [5, 5.41) is 0.777. The van der Waals surface area contributed by atoms with Gasteiger partial charge in [0, 0.05) is 18.0 Å². The Kier molecular flexibility index (Phi) is 6.87. The van der Waals surface area contributed by atoms with Crippen LogP contribution in [0, 0.1) is 6.92 Å².